The van der Waals surface area contributed by atoms with E-state index in [1.807, 2.05) is 66.7 Å². The van der Waals surface area contributed by atoms with E-state index >= 15 is 0 Å². The Morgan fingerprint density at radius 2 is 1.55 bits per heavy atom. The maximum absolute atomic E-state index is 13.0. The van der Waals surface area contributed by atoms with Gasteiger partial charge in [0.15, 0.2) is 6.61 Å². The molecular weight excluding hydrogens is 502 g/mol. The van der Waals surface area contributed by atoms with Crippen molar-refractivity contribution in [2.75, 3.05) is 11.5 Å². The minimum atomic E-state index is -0.469. The number of hydrogen-bond donors (Lipinski definition) is 2. The molecule has 1 aliphatic heterocycles. The topological polar surface area (TPSA) is 70.7 Å². The zero-order chi connectivity index (χ0) is 23.6. The fourth-order valence-corrected chi connectivity index (χ4v) is 4.92. The summed E-state index contributed by atoms with van der Waals surface area (Å²) in [7, 11) is 0. The standard InChI is InChI=1S/C25H24BrN3O3S/c1-25(2,3)16-12-13-20(17(26)14-16)32-15-23(30)27-28-24(31)29-18-8-4-6-10-21(18)33-22-11-7-5-9-19(22)29/h4-14H,15H2,1-3H3,(H,27,30)(H,28,31). The molecule has 3 aromatic carbocycles. The van der Waals surface area contributed by atoms with Crippen LogP contribution in [-0.2, 0) is 10.2 Å². The van der Waals surface area contributed by atoms with Crippen LogP contribution in [0.4, 0.5) is 16.2 Å². The van der Waals surface area contributed by atoms with Crippen molar-refractivity contribution in [2.24, 2.45) is 0 Å². The summed E-state index contributed by atoms with van der Waals surface area (Å²) in [5, 5.41) is 0. The molecule has 1 aliphatic rings. The molecule has 0 unspecified atom stereocenters. The number of halogens is 1. The van der Waals surface area contributed by atoms with Gasteiger partial charge in [0.1, 0.15) is 5.75 Å². The van der Waals surface area contributed by atoms with Crippen molar-refractivity contribution >= 4 is 51.0 Å². The number of carbonyl (C=O) groups excluding carboxylic acids is 2. The van der Waals surface area contributed by atoms with E-state index in [0.717, 1.165) is 31.2 Å². The minimum absolute atomic E-state index is 0.00685. The van der Waals surface area contributed by atoms with Gasteiger partial charge in [-0.3, -0.25) is 15.1 Å². The number of fused-ring (bicyclic) bond motifs is 2. The number of amides is 3. The number of rotatable bonds is 3. The van der Waals surface area contributed by atoms with Crippen molar-refractivity contribution in [1.29, 1.82) is 0 Å². The van der Waals surface area contributed by atoms with Gasteiger partial charge in [-0.25, -0.2) is 10.2 Å². The normalized spacial score (nSPS) is 12.4. The highest BCUT2D eigenvalue weighted by Gasteiger charge is 2.28. The summed E-state index contributed by atoms with van der Waals surface area (Å²) in [5.41, 5.74) is 7.61. The lowest BCUT2D eigenvalue weighted by Gasteiger charge is -2.30. The average Bonchev–Trinajstić information content (AvgIpc) is 2.79. The number of anilines is 2. The van der Waals surface area contributed by atoms with Gasteiger partial charge in [-0.2, -0.15) is 0 Å². The molecule has 170 valence electrons. The summed E-state index contributed by atoms with van der Waals surface area (Å²) < 4.78 is 6.40. The molecule has 0 fully saturated rings. The molecule has 2 N–H and O–H groups in total. The fourth-order valence-electron chi connectivity index (χ4n) is 3.37. The van der Waals surface area contributed by atoms with Gasteiger partial charge in [0, 0.05) is 9.79 Å². The first-order chi connectivity index (χ1) is 15.7. The van der Waals surface area contributed by atoms with Gasteiger partial charge in [-0.15, -0.1) is 0 Å². The van der Waals surface area contributed by atoms with Gasteiger partial charge in [-0.1, -0.05) is 62.9 Å². The Bertz CT molecular complexity index is 1160. The average molecular weight is 526 g/mol. The van der Waals surface area contributed by atoms with Crippen molar-refractivity contribution in [2.45, 2.75) is 36.0 Å². The maximum atomic E-state index is 13.0. The third-order valence-electron chi connectivity index (χ3n) is 5.10. The number of nitrogens with zero attached hydrogens (tertiary/aromatic N) is 1. The molecule has 0 saturated carbocycles. The summed E-state index contributed by atoms with van der Waals surface area (Å²) >= 11 is 5.10. The van der Waals surface area contributed by atoms with Crippen LogP contribution in [0.15, 0.2) is 81.0 Å². The van der Waals surface area contributed by atoms with Crippen LogP contribution in [0.3, 0.4) is 0 Å². The first-order valence-corrected chi connectivity index (χ1v) is 12.0. The molecule has 0 radical (unpaired) electrons. The highest BCUT2D eigenvalue weighted by molar-refractivity contribution is 9.10. The number of carbonyl (C=O) groups is 2. The summed E-state index contributed by atoms with van der Waals surface area (Å²) in [5.74, 6) is 0.0866. The molecule has 4 rings (SSSR count). The predicted octanol–water partition coefficient (Wildman–Crippen LogP) is 6.17. The summed E-state index contributed by atoms with van der Waals surface area (Å²) in [6, 6.07) is 20.6. The number of para-hydroxylation sites is 2. The second-order valence-electron chi connectivity index (χ2n) is 8.54. The van der Waals surface area contributed by atoms with Gasteiger partial charge < -0.3 is 4.74 Å². The van der Waals surface area contributed by atoms with E-state index in [2.05, 4.69) is 47.6 Å². The van der Waals surface area contributed by atoms with Crippen molar-refractivity contribution in [3.05, 3.63) is 76.8 Å². The number of urea groups is 1. The highest BCUT2D eigenvalue weighted by atomic mass is 79.9. The molecule has 0 aliphatic carbocycles. The van der Waals surface area contributed by atoms with E-state index < -0.39 is 11.9 Å². The highest BCUT2D eigenvalue weighted by Crippen LogP contribution is 2.47. The van der Waals surface area contributed by atoms with Gasteiger partial charge in [0.25, 0.3) is 5.91 Å². The third kappa shape index (κ3) is 5.17. The zero-order valence-corrected chi connectivity index (χ0v) is 20.9. The van der Waals surface area contributed by atoms with E-state index in [1.54, 1.807) is 16.7 Å². The number of nitrogens with one attached hydrogen (secondary N) is 2. The van der Waals surface area contributed by atoms with Gasteiger partial charge >= 0.3 is 6.03 Å². The molecule has 8 heteroatoms. The Morgan fingerprint density at radius 3 is 2.12 bits per heavy atom. The van der Waals surface area contributed by atoms with Crippen LogP contribution in [0.1, 0.15) is 26.3 Å². The van der Waals surface area contributed by atoms with Crippen molar-refractivity contribution in [1.82, 2.24) is 10.9 Å². The SMILES string of the molecule is CC(C)(C)c1ccc(OCC(=O)NNC(=O)N2c3ccccc3Sc3ccccc32)c(Br)c1. The quantitative estimate of drug-likeness (QED) is 0.401. The predicted molar refractivity (Wildman–Crippen MR) is 134 cm³/mol. The molecule has 0 spiro atoms. The number of hydrazine groups is 1. The van der Waals surface area contributed by atoms with E-state index in [1.165, 1.54) is 0 Å². The molecule has 0 aromatic heterocycles. The van der Waals surface area contributed by atoms with Crippen LogP contribution >= 0.6 is 27.7 Å². The monoisotopic (exact) mass is 525 g/mol. The van der Waals surface area contributed by atoms with E-state index in [4.69, 9.17) is 4.74 Å². The maximum Gasteiger partial charge on any atom is 0.345 e. The van der Waals surface area contributed by atoms with E-state index in [9.17, 15) is 9.59 Å². The van der Waals surface area contributed by atoms with Crippen LogP contribution in [0.2, 0.25) is 0 Å². The molecule has 3 amide bonds. The Morgan fingerprint density at radius 1 is 0.939 bits per heavy atom. The Labute approximate surface area is 205 Å². The Hall–Kier alpha value is -2.97. The second-order valence-corrected chi connectivity index (χ2v) is 10.5. The van der Waals surface area contributed by atoms with Crippen LogP contribution < -0.4 is 20.5 Å². The smallest absolute Gasteiger partial charge is 0.345 e. The first-order valence-electron chi connectivity index (χ1n) is 10.4. The molecule has 0 saturated heterocycles. The fraction of sp³-hybridized carbons (Fsp3) is 0.200. The molecule has 3 aromatic rings. The van der Waals surface area contributed by atoms with Gasteiger partial charge in [0.2, 0.25) is 0 Å². The lowest BCUT2D eigenvalue weighted by molar-refractivity contribution is -0.123. The first kappa shape index (κ1) is 23.2. The largest absolute Gasteiger partial charge is 0.483 e. The summed E-state index contributed by atoms with van der Waals surface area (Å²) in [6.45, 7) is 6.15. The lowest BCUT2D eigenvalue weighted by atomic mass is 9.87. The van der Waals surface area contributed by atoms with Crippen molar-refractivity contribution in [3.8, 4) is 5.75 Å². The number of ether oxygens (including phenoxy) is 1. The van der Waals surface area contributed by atoms with Crippen LogP contribution in [0.5, 0.6) is 5.75 Å². The molecule has 0 bridgehead atoms. The number of hydrogen-bond acceptors (Lipinski definition) is 4. The summed E-state index contributed by atoms with van der Waals surface area (Å²) in [6.07, 6.45) is 0. The molecule has 6 nitrogen and oxygen atoms in total. The van der Waals surface area contributed by atoms with Crippen LogP contribution in [-0.4, -0.2) is 18.5 Å². The van der Waals surface area contributed by atoms with E-state index in [0.29, 0.717) is 5.75 Å². The van der Waals surface area contributed by atoms with Crippen molar-refractivity contribution in [3.63, 3.8) is 0 Å². The minimum Gasteiger partial charge on any atom is -0.483 e. The molecular formula is C25H24BrN3O3S. The van der Waals surface area contributed by atoms with Crippen molar-refractivity contribution < 1.29 is 14.3 Å². The molecule has 0 atom stereocenters. The van der Waals surface area contributed by atoms with Crippen LogP contribution in [0.25, 0.3) is 0 Å². The summed E-state index contributed by atoms with van der Waals surface area (Å²) in [4.78, 5) is 28.9. The van der Waals surface area contributed by atoms with Crippen LogP contribution in [0, 0.1) is 0 Å². The molecule has 33 heavy (non-hydrogen) atoms. The van der Waals surface area contributed by atoms with Gasteiger partial charge in [-0.05, 0) is 63.3 Å². The molecule has 1 heterocycles. The third-order valence-corrected chi connectivity index (χ3v) is 6.85. The lowest BCUT2D eigenvalue weighted by Crippen LogP contribution is -2.49. The second kappa shape index (κ2) is 9.49. The number of benzene rings is 3. The Balaban J connectivity index is 1.39. The zero-order valence-electron chi connectivity index (χ0n) is 18.5. The van der Waals surface area contributed by atoms with E-state index in [-0.39, 0.29) is 12.0 Å². The van der Waals surface area contributed by atoms with Gasteiger partial charge in [0.05, 0.1) is 15.8 Å². The Kier molecular flexibility index (Phi) is 6.67.